The molecule has 0 spiro atoms. The molecule has 1 rings (SSSR count). The van der Waals surface area contributed by atoms with Gasteiger partial charge in [0.1, 0.15) is 0 Å². The summed E-state index contributed by atoms with van der Waals surface area (Å²) in [5.41, 5.74) is 0. The van der Waals surface area contributed by atoms with Crippen molar-refractivity contribution in [2.45, 2.75) is 12.8 Å². The number of hydrogen-bond donors (Lipinski definition) is 1. The van der Waals surface area contributed by atoms with Crippen LogP contribution in [-0.4, -0.2) is 35.0 Å². The van der Waals surface area contributed by atoms with E-state index in [-0.39, 0.29) is 5.91 Å². The number of amides is 1. The van der Waals surface area contributed by atoms with Gasteiger partial charge in [-0.05, 0) is 6.42 Å². The molecule has 0 aliphatic carbocycles. The summed E-state index contributed by atoms with van der Waals surface area (Å²) in [4.78, 5) is 22.7. The van der Waals surface area contributed by atoms with E-state index in [0.717, 1.165) is 19.0 Å². The van der Waals surface area contributed by atoms with Gasteiger partial charge in [0.05, 0.1) is 0 Å². The standard InChI is InChI=1S/C8H11NO3/c10-7-3-1-5-9(7)6-2-4-8(11)12/h2,4H,1,3,5-6H2,(H,11,12). The summed E-state index contributed by atoms with van der Waals surface area (Å²) < 4.78 is 0. The van der Waals surface area contributed by atoms with Crippen LogP contribution in [0.15, 0.2) is 12.2 Å². The van der Waals surface area contributed by atoms with Crippen LogP contribution in [0.1, 0.15) is 12.8 Å². The first-order valence-electron chi connectivity index (χ1n) is 3.87. The fraction of sp³-hybridized carbons (Fsp3) is 0.500. The second-order valence-electron chi connectivity index (χ2n) is 2.68. The van der Waals surface area contributed by atoms with E-state index in [2.05, 4.69) is 0 Å². The average Bonchev–Trinajstić information content (AvgIpc) is 2.36. The van der Waals surface area contributed by atoms with Crippen molar-refractivity contribution in [3.8, 4) is 0 Å². The molecule has 0 saturated carbocycles. The van der Waals surface area contributed by atoms with Crippen molar-refractivity contribution >= 4 is 11.9 Å². The summed E-state index contributed by atoms with van der Waals surface area (Å²) in [6.07, 6.45) is 4.04. The van der Waals surface area contributed by atoms with Crippen LogP contribution < -0.4 is 0 Å². The molecular weight excluding hydrogens is 158 g/mol. The number of nitrogens with zero attached hydrogens (tertiary/aromatic N) is 1. The van der Waals surface area contributed by atoms with Gasteiger partial charge in [-0.2, -0.15) is 0 Å². The fourth-order valence-corrected chi connectivity index (χ4v) is 1.18. The van der Waals surface area contributed by atoms with Crippen molar-refractivity contribution < 1.29 is 14.7 Å². The third kappa shape index (κ3) is 2.38. The Balaban J connectivity index is 2.31. The number of carbonyl (C=O) groups is 2. The molecule has 1 aliphatic heterocycles. The summed E-state index contributed by atoms with van der Waals surface area (Å²) in [5.74, 6) is -0.855. The lowest BCUT2D eigenvalue weighted by Crippen LogP contribution is -2.24. The van der Waals surface area contributed by atoms with Gasteiger partial charge in [0.2, 0.25) is 5.91 Å². The minimum atomic E-state index is -0.971. The zero-order valence-electron chi connectivity index (χ0n) is 6.69. The Labute approximate surface area is 70.5 Å². The normalized spacial score (nSPS) is 17.7. The molecule has 0 aromatic heterocycles. The van der Waals surface area contributed by atoms with E-state index in [1.165, 1.54) is 6.08 Å². The highest BCUT2D eigenvalue weighted by Gasteiger charge is 2.17. The van der Waals surface area contributed by atoms with Crippen molar-refractivity contribution in [1.29, 1.82) is 0 Å². The van der Waals surface area contributed by atoms with Gasteiger partial charge in [0, 0.05) is 25.6 Å². The average molecular weight is 169 g/mol. The summed E-state index contributed by atoms with van der Waals surface area (Å²) in [6, 6.07) is 0. The highest BCUT2D eigenvalue weighted by Crippen LogP contribution is 2.08. The monoisotopic (exact) mass is 169 g/mol. The van der Waals surface area contributed by atoms with Crippen molar-refractivity contribution in [2.75, 3.05) is 13.1 Å². The lowest BCUT2D eigenvalue weighted by atomic mass is 10.4. The lowest BCUT2D eigenvalue weighted by molar-refractivity contribution is -0.131. The van der Waals surface area contributed by atoms with Gasteiger partial charge in [-0.1, -0.05) is 6.08 Å². The maximum Gasteiger partial charge on any atom is 0.328 e. The zero-order valence-corrected chi connectivity index (χ0v) is 6.69. The first-order chi connectivity index (χ1) is 5.70. The SMILES string of the molecule is O=C(O)C=CCN1CCCC1=O. The quantitative estimate of drug-likeness (QED) is 0.616. The molecule has 4 heteroatoms. The Kier molecular flexibility index (Phi) is 2.85. The molecule has 4 nitrogen and oxygen atoms in total. The third-order valence-electron chi connectivity index (χ3n) is 1.76. The molecule has 1 amide bonds. The highest BCUT2D eigenvalue weighted by molar-refractivity contribution is 5.80. The van der Waals surface area contributed by atoms with Gasteiger partial charge in [-0.15, -0.1) is 0 Å². The van der Waals surface area contributed by atoms with Crippen molar-refractivity contribution in [3.63, 3.8) is 0 Å². The molecule has 0 aromatic carbocycles. The van der Waals surface area contributed by atoms with Gasteiger partial charge in [0.15, 0.2) is 0 Å². The van der Waals surface area contributed by atoms with Gasteiger partial charge in [-0.25, -0.2) is 4.79 Å². The van der Waals surface area contributed by atoms with Crippen LogP contribution in [0.4, 0.5) is 0 Å². The number of rotatable bonds is 3. The largest absolute Gasteiger partial charge is 0.478 e. The number of carboxylic acid groups (broad SMARTS) is 1. The van der Waals surface area contributed by atoms with Gasteiger partial charge >= 0.3 is 5.97 Å². The van der Waals surface area contributed by atoms with Crippen LogP contribution in [0.3, 0.4) is 0 Å². The Morgan fingerprint density at radius 1 is 1.67 bits per heavy atom. The minimum absolute atomic E-state index is 0.116. The Morgan fingerprint density at radius 3 is 2.92 bits per heavy atom. The Bertz CT molecular complexity index is 222. The van der Waals surface area contributed by atoms with Gasteiger partial charge < -0.3 is 10.0 Å². The molecule has 0 radical (unpaired) electrons. The first kappa shape index (κ1) is 8.77. The van der Waals surface area contributed by atoms with Gasteiger partial charge in [0.25, 0.3) is 0 Å². The molecule has 1 heterocycles. The smallest absolute Gasteiger partial charge is 0.328 e. The maximum atomic E-state index is 11.0. The van der Waals surface area contributed by atoms with E-state index in [0.29, 0.717) is 13.0 Å². The van der Waals surface area contributed by atoms with E-state index in [9.17, 15) is 9.59 Å². The highest BCUT2D eigenvalue weighted by atomic mass is 16.4. The van der Waals surface area contributed by atoms with Crippen LogP contribution >= 0.6 is 0 Å². The molecule has 1 saturated heterocycles. The summed E-state index contributed by atoms with van der Waals surface area (Å²) in [5, 5.41) is 8.26. The molecule has 12 heavy (non-hydrogen) atoms. The maximum absolute atomic E-state index is 11.0. The molecule has 1 fully saturated rings. The van der Waals surface area contributed by atoms with E-state index in [1.54, 1.807) is 4.90 Å². The minimum Gasteiger partial charge on any atom is -0.478 e. The summed E-state index contributed by atoms with van der Waals surface area (Å²) in [7, 11) is 0. The van der Waals surface area contributed by atoms with Crippen molar-refractivity contribution in [2.24, 2.45) is 0 Å². The molecular formula is C8H11NO3. The number of hydrogen-bond acceptors (Lipinski definition) is 2. The number of likely N-dealkylation sites (tertiary alicyclic amines) is 1. The van der Waals surface area contributed by atoms with E-state index >= 15 is 0 Å². The molecule has 1 aliphatic rings. The van der Waals surface area contributed by atoms with Crippen LogP contribution in [-0.2, 0) is 9.59 Å². The van der Waals surface area contributed by atoms with Crippen LogP contribution in [0.25, 0.3) is 0 Å². The zero-order chi connectivity index (χ0) is 8.97. The van der Waals surface area contributed by atoms with E-state index in [4.69, 9.17) is 5.11 Å². The fourth-order valence-electron chi connectivity index (χ4n) is 1.18. The second kappa shape index (κ2) is 3.90. The van der Waals surface area contributed by atoms with E-state index in [1.807, 2.05) is 0 Å². The molecule has 0 bridgehead atoms. The summed E-state index contributed by atoms with van der Waals surface area (Å²) in [6.45, 7) is 1.17. The number of carboxylic acids is 1. The predicted octanol–water partition coefficient (Wildman–Crippen LogP) is 0.250. The molecule has 66 valence electrons. The Morgan fingerprint density at radius 2 is 2.42 bits per heavy atom. The first-order valence-corrected chi connectivity index (χ1v) is 3.87. The van der Waals surface area contributed by atoms with Gasteiger partial charge in [-0.3, -0.25) is 4.79 Å². The van der Waals surface area contributed by atoms with Crippen LogP contribution in [0, 0.1) is 0 Å². The van der Waals surface area contributed by atoms with Crippen molar-refractivity contribution in [3.05, 3.63) is 12.2 Å². The number of aliphatic carboxylic acids is 1. The molecule has 0 atom stereocenters. The summed E-state index contributed by atoms with van der Waals surface area (Å²) >= 11 is 0. The molecule has 0 aromatic rings. The van der Waals surface area contributed by atoms with Crippen LogP contribution in [0.5, 0.6) is 0 Å². The predicted molar refractivity (Wildman–Crippen MR) is 42.6 cm³/mol. The topological polar surface area (TPSA) is 57.6 Å². The Hall–Kier alpha value is -1.32. The third-order valence-corrected chi connectivity index (χ3v) is 1.76. The van der Waals surface area contributed by atoms with E-state index < -0.39 is 5.97 Å². The van der Waals surface area contributed by atoms with Crippen LogP contribution in [0.2, 0.25) is 0 Å². The second-order valence-corrected chi connectivity index (χ2v) is 2.68. The van der Waals surface area contributed by atoms with Crippen molar-refractivity contribution in [1.82, 2.24) is 4.90 Å². The lowest BCUT2D eigenvalue weighted by Gasteiger charge is -2.11. The number of carbonyl (C=O) groups excluding carboxylic acids is 1. The molecule has 0 unspecified atom stereocenters. The molecule has 1 N–H and O–H groups in total.